The minimum atomic E-state index is -0.0400. The molecule has 0 spiro atoms. The Morgan fingerprint density at radius 1 is 1.33 bits per heavy atom. The number of rotatable bonds is 1. The highest BCUT2D eigenvalue weighted by Gasteiger charge is 2.59. The predicted molar refractivity (Wildman–Crippen MR) is 60.6 cm³/mol. The zero-order chi connectivity index (χ0) is 11.3. The summed E-state index contributed by atoms with van der Waals surface area (Å²) in [6.45, 7) is 6.91. The van der Waals surface area contributed by atoms with Crippen molar-refractivity contribution >= 4 is 6.03 Å². The van der Waals surface area contributed by atoms with Crippen LogP contribution in [0.15, 0.2) is 0 Å². The molecule has 86 valence electrons. The molecule has 0 aromatic heterocycles. The van der Waals surface area contributed by atoms with Gasteiger partial charge in [0.2, 0.25) is 0 Å². The number of hydrogen-bond donors (Lipinski definition) is 2. The molecular formula is C12H22N2O. The number of hydrogen-bond acceptors (Lipinski definition) is 1. The van der Waals surface area contributed by atoms with E-state index in [2.05, 4.69) is 31.4 Å². The Kier molecular flexibility index (Phi) is 2.25. The van der Waals surface area contributed by atoms with Crippen molar-refractivity contribution in [2.75, 3.05) is 7.05 Å². The van der Waals surface area contributed by atoms with Crippen molar-refractivity contribution < 1.29 is 4.79 Å². The standard InChI is InChI=1S/C12H22N2O/c1-11(2)8-5-6-12(3,7-8)9(11)14-10(15)13-4/h8-9H,5-7H2,1-4H3,(H2,13,14,15). The van der Waals surface area contributed by atoms with Crippen molar-refractivity contribution in [1.29, 1.82) is 0 Å². The van der Waals surface area contributed by atoms with Crippen LogP contribution in [0.3, 0.4) is 0 Å². The molecule has 2 saturated carbocycles. The number of carbonyl (C=O) groups excluding carboxylic acids is 1. The van der Waals surface area contributed by atoms with Crippen LogP contribution in [0.25, 0.3) is 0 Å². The second-order valence-electron chi connectivity index (χ2n) is 6.07. The molecule has 2 amide bonds. The highest BCUT2D eigenvalue weighted by atomic mass is 16.2. The third-order valence-electron chi connectivity index (χ3n) is 4.77. The summed E-state index contributed by atoms with van der Waals surface area (Å²) in [4.78, 5) is 11.5. The second kappa shape index (κ2) is 3.13. The fourth-order valence-electron chi connectivity index (χ4n) is 3.87. The van der Waals surface area contributed by atoms with E-state index in [9.17, 15) is 4.79 Å². The molecular weight excluding hydrogens is 188 g/mol. The predicted octanol–water partition coefficient (Wildman–Crippen LogP) is 2.13. The first-order valence-corrected chi connectivity index (χ1v) is 5.88. The maximum atomic E-state index is 11.5. The number of nitrogens with one attached hydrogen (secondary N) is 2. The summed E-state index contributed by atoms with van der Waals surface area (Å²) < 4.78 is 0. The molecule has 3 atom stereocenters. The van der Waals surface area contributed by atoms with Crippen LogP contribution < -0.4 is 10.6 Å². The van der Waals surface area contributed by atoms with Crippen molar-refractivity contribution in [2.45, 2.75) is 46.1 Å². The Morgan fingerprint density at radius 2 is 2.00 bits per heavy atom. The molecule has 3 heteroatoms. The van der Waals surface area contributed by atoms with Crippen molar-refractivity contribution in [3.63, 3.8) is 0 Å². The summed E-state index contributed by atoms with van der Waals surface area (Å²) in [6, 6.07) is 0.283. The van der Waals surface area contributed by atoms with Gasteiger partial charge >= 0.3 is 6.03 Å². The van der Waals surface area contributed by atoms with Gasteiger partial charge in [0, 0.05) is 13.1 Å². The van der Waals surface area contributed by atoms with E-state index in [4.69, 9.17) is 0 Å². The van der Waals surface area contributed by atoms with Crippen LogP contribution in [0.5, 0.6) is 0 Å². The zero-order valence-corrected chi connectivity index (χ0v) is 10.2. The molecule has 3 nitrogen and oxygen atoms in total. The third-order valence-corrected chi connectivity index (χ3v) is 4.77. The van der Waals surface area contributed by atoms with E-state index < -0.39 is 0 Å². The molecule has 2 N–H and O–H groups in total. The molecule has 2 bridgehead atoms. The van der Waals surface area contributed by atoms with E-state index in [-0.39, 0.29) is 11.4 Å². The Hall–Kier alpha value is -0.730. The minimum absolute atomic E-state index is 0.0400. The van der Waals surface area contributed by atoms with Crippen molar-refractivity contribution in [3.8, 4) is 0 Å². The van der Waals surface area contributed by atoms with Crippen molar-refractivity contribution in [2.24, 2.45) is 16.7 Å². The van der Waals surface area contributed by atoms with Crippen LogP contribution in [-0.4, -0.2) is 19.1 Å². The summed E-state index contributed by atoms with van der Waals surface area (Å²) in [6.07, 6.45) is 3.86. The largest absolute Gasteiger partial charge is 0.341 e. The van der Waals surface area contributed by atoms with E-state index in [1.807, 2.05) is 0 Å². The molecule has 2 rings (SSSR count). The molecule has 0 heterocycles. The van der Waals surface area contributed by atoms with Gasteiger partial charge in [0.05, 0.1) is 0 Å². The van der Waals surface area contributed by atoms with Gasteiger partial charge < -0.3 is 10.6 Å². The maximum absolute atomic E-state index is 11.5. The van der Waals surface area contributed by atoms with Gasteiger partial charge in [-0.25, -0.2) is 4.79 Å². The fourth-order valence-corrected chi connectivity index (χ4v) is 3.87. The molecule has 0 radical (unpaired) electrons. The lowest BCUT2D eigenvalue weighted by Crippen LogP contribution is -2.54. The Morgan fingerprint density at radius 3 is 2.47 bits per heavy atom. The smallest absolute Gasteiger partial charge is 0.314 e. The van der Waals surface area contributed by atoms with Gasteiger partial charge in [0.25, 0.3) is 0 Å². The van der Waals surface area contributed by atoms with E-state index >= 15 is 0 Å². The van der Waals surface area contributed by atoms with Gasteiger partial charge in [-0.2, -0.15) is 0 Å². The quantitative estimate of drug-likeness (QED) is 0.684. The topological polar surface area (TPSA) is 41.1 Å². The van der Waals surface area contributed by atoms with Gasteiger partial charge in [-0.05, 0) is 36.0 Å². The third kappa shape index (κ3) is 1.44. The molecule has 0 aromatic carbocycles. The van der Waals surface area contributed by atoms with E-state index in [1.54, 1.807) is 7.05 Å². The lowest BCUT2D eigenvalue weighted by Gasteiger charge is -2.42. The van der Waals surface area contributed by atoms with E-state index in [1.165, 1.54) is 19.3 Å². The molecule has 15 heavy (non-hydrogen) atoms. The van der Waals surface area contributed by atoms with Crippen LogP contribution in [0.1, 0.15) is 40.0 Å². The molecule has 0 saturated heterocycles. The van der Waals surface area contributed by atoms with Crippen LogP contribution in [0.4, 0.5) is 4.79 Å². The Labute approximate surface area is 92.0 Å². The average molecular weight is 210 g/mol. The number of urea groups is 1. The van der Waals surface area contributed by atoms with Crippen LogP contribution >= 0.6 is 0 Å². The van der Waals surface area contributed by atoms with Gasteiger partial charge in [0.1, 0.15) is 0 Å². The molecule has 0 aromatic rings. The summed E-state index contributed by atoms with van der Waals surface area (Å²) >= 11 is 0. The van der Waals surface area contributed by atoms with Crippen LogP contribution in [0, 0.1) is 16.7 Å². The Balaban J connectivity index is 2.19. The van der Waals surface area contributed by atoms with Crippen LogP contribution in [0.2, 0.25) is 0 Å². The second-order valence-corrected chi connectivity index (χ2v) is 6.07. The number of amides is 2. The number of carbonyl (C=O) groups is 1. The molecule has 2 aliphatic carbocycles. The maximum Gasteiger partial charge on any atom is 0.314 e. The normalized spacial score (nSPS) is 41.6. The lowest BCUT2D eigenvalue weighted by atomic mass is 9.68. The van der Waals surface area contributed by atoms with Crippen LogP contribution in [-0.2, 0) is 0 Å². The minimum Gasteiger partial charge on any atom is -0.341 e. The van der Waals surface area contributed by atoms with E-state index in [0.29, 0.717) is 11.5 Å². The first kappa shape index (κ1) is 10.8. The molecule has 0 aliphatic heterocycles. The summed E-state index contributed by atoms with van der Waals surface area (Å²) in [7, 11) is 1.68. The lowest BCUT2D eigenvalue weighted by molar-refractivity contribution is 0.114. The monoisotopic (exact) mass is 210 g/mol. The fraction of sp³-hybridized carbons (Fsp3) is 0.917. The molecule has 3 unspecified atom stereocenters. The summed E-state index contributed by atoms with van der Waals surface area (Å²) in [5.74, 6) is 0.782. The zero-order valence-electron chi connectivity index (χ0n) is 10.2. The highest BCUT2D eigenvalue weighted by molar-refractivity contribution is 5.74. The van der Waals surface area contributed by atoms with Gasteiger partial charge in [-0.15, -0.1) is 0 Å². The Bertz CT molecular complexity index is 283. The van der Waals surface area contributed by atoms with Crippen molar-refractivity contribution in [1.82, 2.24) is 10.6 Å². The molecule has 2 aliphatic rings. The average Bonchev–Trinajstić information content (AvgIpc) is 2.63. The summed E-state index contributed by atoms with van der Waals surface area (Å²) in [5, 5.41) is 5.80. The highest BCUT2D eigenvalue weighted by Crippen LogP contribution is 2.62. The first-order chi connectivity index (χ1) is 6.90. The van der Waals surface area contributed by atoms with E-state index in [0.717, 1.165) is 5.92 Å². The van der Waals surface area contributed by atoms with Gasteiger partial charge in [0.15, 0.2) is 0 Å². The SMILES string of the molecule is CNC(=O)NC1C2(C)CCC(C2)C1(C)C. The van der Waals surface area contributed by atoms with Crippen molar-refractivity contribution in [3.05, 3.63) is 0 Å². The number of fused-ring (bicyclic) bond motifs is 2. The van der Waals surface area contributed by atoms with Gasteiger partial charge in [-0.3, -0.25) is 0 Å². The molecule has 2 fully saturated rings. The van der Waals surface area contributed by atoms with Gasteiger partial charge in [-0.1, -0.05) is 20.8 Å². The first-order valence-electron chi connectivity index (χ1n) is 5.88. The summed E-state index contributed by atoms with van der Waals surface area (Å²) in [5.41, 5.74) is 0.570.